The number of thiocarbonyl (C=S) groups is 1. The van der Waals surface area contributed by atoms with Crippen LogP contribution in [-0.2, 0) is 0 Å². The number of nitrogens with zero attached hydrogens (tertiary/aromatic N) is 2. The van der Waals surface area contributed by atoms with Gasteiger partial charge >= 0.3 is 0 Å². The van der Waals surface area contributed by atoms with Gasteiger partial charge < -0.3 is 9.64 Å². The van der Waals surface area contributed by atoms with Crippen molar-refractivity contribution >= 4 is 17.4 Å². The average molecular weight is 234 g/mol. The standard InChI is InChI=1S/C12H14N2OS/c1-8-5-10(7-13)6-9(2)11(8)15-12(16)14(3)4/h5-6H,1-4H3. The Balaban J connectivity index is 3.07. The predicted octanol–water partition coefficient (Wildman–Crippen LogP) is 2.40. The van der Waals surface area contributed by atoms with E-state index in [-0.39, 0.29) is 0 Å². The van der Waals surface area contributed by atoms with Gasteiger partial charge in [-0.1, -0.05) is 0 Å². The third-order valence-corrected chi connectivity index (χ3v) is 2.59. The normalized spacial score (nSPS) is 9.44. The molecule has 16 heavy (non-hydrogen) atoms. The summed E-state index contributed by atoms with van der Waals surface area (Å²) < 4.78 is 5.58. The summed E-state index contributed by atoms with van der Waals surface area (Å²) in [6, 6.07) is 5.70. The number of nitriles is 1. The molecular weight excluding hydrogens is 220 g/mol. The maximum absolute atomic E-state index is 8.82. The highest BCUT2D eigenvalue weighted by Gasteiger charge is 2.09. The van der Waals surface area contributed by atoms with Crippen LogP contribution in [-0.4, -0.2) is 24.2 Å². The SMILES string of the molecule is Cc1cc(C#N)cc(C)c1OC(=S)N(C)C. The van der Waals surface area contributed by atoms with Crippen molar-refractivity contribution in [3.05, 3.63) is 28.8 Å². The summed E-state index contributed by atoms with van der Waals surface area (Å²) in [6.45, 7) is 3.81. The van der Waals surface area contributed by atoms with Crippen molar-refractivity contribution in [1.29, 1.82) is 5.26 Å². The van der Waals surface area contributed by atoms with E-state index in [1.54, 1.807) is 17.0 Å². The van der Waals surface area contributed by atoms with Gasteiger partial charge in [0.05, 0.1) is 11.6 Å². The maximum atomic E-state index is 8.82. The van der Waals surface area contributed by atoms with Crippen LogP contribution in [0.2, 0.25) is 0 Å². The number of aryl methyl sites for hydroxylation is 2. The number of hydrogen-bond acceptors (Lipinski definition) is 3. The maximum Gasteiger partial charge on any atom is 0.264 e. The number of ether oxygens (including phenoxy) is 1. The second-order valence-corrected chi connectivity index (χ2v) is 4.16. The highest BCUT2D eigenvalue weighted by Crippen LogP contribution is 2.25. The van der Waals surface area contributed by atoms with E-state index < -0.39 is 0 Å². The Morgan fingerprint density at radius 3 is 2.19 bits per heavy atom. The molecule has 84 valence electrons. The van der Waals surface area contributed by atoms with Gasteiger partial charge in [0.2, 0.25) is 0 Å². The second kappa shape index (κ2) is 4.95. The Morgan fingerprint density at radius 2 is 1.81 bits per heavy atom. The third-order valence-electron chi connectivity index (χ3n) is 2.14. The van der Waals surface area contributed by atoms with E-state index in [1.807, 2.05) is 27.9 Å². The van der Waals surface area contributed by atoms with Gasteiger partial charge in [-0.15, -0.1) is 0 Å². The zero-order valence-corrected chi connectivity index (χ0v) is 10.7. The van der Waals surface area contributed by atoms with Crippen molar-refractivity contribution in [1.82, 2.24) is 4.90 Å². The summed E-state index contributed by atoms with van der Waals surface area (Å²) in [5, 5.41) is 9.24. The Kier molecular flexibility index (Phi) is 3.86. The van der Waals surface area contributed by atoms with Crippen LogP contribution in [0, 0.1) is 25.2 Å². The zero-order chi connectivity index (χ0) is 12.3. The molecule has 1 aromatic rings. The molecule has 0 aliphatic heterocycles. The van der Waals surface area contributed by atoms with Crippen molar-refractivity contribution in [3.8, 4) is 11.8 Å². The average Bonchev–Trinajstić information content (AvgIpc) is 2.22. The van der Waals surface area contributed by atoms with E-state index in [0.717, 1.165) is 16.9 Å². The van der Waals surface area contributed by atoms with E-state index in [4.69, 9.17) is 22.2 Å². The molecule has 1 rings (SSSR count). The first-order valence-electron chi connectivity index (χ1n) is 4.86. The molecule has 0 aromatic heterocycles. The fourth-order valence-electron chi connectivity index (χ4n) is 1.35. The summed E-state index contributed by atoms with van der Waals surface area (Å²) in [5.41, 5.74) is 2.47. The first kappa shape index (κ1) is 12.5. The van der Waals surface area contributed by atoms with Gasteiger partial charge in [-0.3, -0.25) is 0 Å². The van der Waals surface area contributed by atoms with Crippen LogP contribution >= 0.6 is 12.2 Å². The molecule has 0 bridgehead atoms. The minimum Gasteiger partial charge on any atom is -0.431 e. The summed E-state index contributed by atoms with van der Waals surface area (Å²) in [6.07, 6.45) is 0. The van der Waals surface area contributed by atoms with E-state index in [1.165, 1.54) is 0 Å². The molecule has 0 heterocycles. The molecule has 0 fully saturated rings. The lowest BCUT2D eigenvalue weighted by molar-refractivity contribution is 0.445. The Labute approximate surface area is 101 Å². The fraction of sp³-hybridized carbons (Fsp3) is 0.333. The fourth-order valence-corrected chi connectivity index (χ4v) is 1.44. The summed E-state index contributed by atoms with van der Waals surface area (Å²) in [7, 11) is 3.66. The molecule has 0 radical (unpaired) electrons. The van der Waals surface area contributed by atoms with Gasteiger partial charge in [-0.2, -0.15) is 5.26 Å². The molecule has 0 aliphatic carbocycles. The predicted molar refractivity (Wildman–Crippen MR) is 67.5 cm³/mol. The smallest absolute Gasteiger partial charge is 0.264 e. The lowest BCUT2D eigenvalue weighted by atomic mass is 10.1. The molecular formula is C12H14N2OS. The quantitative estimate of drug-likeness (QED) is 0.699. The first-order valence-corrected chi connectivity index (χ1v) is 5.27. The molecule has 0 aliphatic rings. The van der Waals surface area contributed by atoms with Crippen LogP contribution in [0.4, 0.5) is 0 Å². The monoisotopic (exact) mass is 234 g/mol. The minimum atomic E-state index is 0.413. The second-order valence-electron chi connectivity index (χ2n) is 3.81. The van der Waals surface area contributed by atoms with E-state index in [0.29, 0.717) is 10.7 Å². The van der Waals surface area contributed by atoms with Gasteiger partial charge in [-0.25, -0.2) is 0 Å². The largest absolute Gasteiger partial charge is 0.431 e. The van der Waals surface area contributed by atoms with Gasteiger partial charge in [0.15, 0.2) is 0 Å². The van der Waals surface area contributed by atoms with Crippen LogP contribution < -0.4 is 4.74 Å². The number of rotatable bonds is 1. The molecule has 3 nitrogen and oxygen atoms in total. The van der Waals surface area contributed by atoms with Crippen LogP contribution in [0.25, 0.3) is 0 Å². The van der Waals surface area contributed by atoms with Crippen molar-refractivity contribution in [2.45, 2.75) is 13.8 Å². The highest BCUT2D eigenvalue weighted by atomic mass is 32.1. The molecule has 0 unspecified atom stereocenters. The zero-order valence-electron chi connectivity index (χ0n) is 9.87. The number of benzene rings is 1. The Bertz CT molecular complexity index is 438. The molecule has 1 aromatic carbocycles. The highest BCUT2D eigenvalue weighted by molar-refractivity contribution is 7.80. The van der Waals surface area contributed by atoms with Gasteiger partial charge in [0.1, 0.15) is 5.75 Å². The van der Waals surface area contributed by atoms with E-state index in [9.17, 15) is 0 Å². The Morgan fingerprint density at radius 1 is 1.31 bits per heavy atom. The van der Waals surface area contributed by atoms with E-state index >= 15 is 0 Å². The minimum absolute atomic E-state index is 0.413. The van der Waals surface area contributed by atoms with Gasteiger partial charge in [-0.05, 0) is 49.3 Å². The summed E-state index contributed by atoms with van der Waals surface area (Å²) >= 11 is 5.08. The Hall–Kier alpha value is -1.60. The van der Waals surface area contributed by atoms with Crippen LogP contribution in [0.5, 0.6) is 5.75 Å². The molecule has 0 saturated carbocycles. The first-order chi connectivity index (χ1) is 7.45. The molecule has 0 atom stereocenters. The topological polar surface area (TPSA) is 36.3 Å². The van der Waals surface area contributed by atoms with Crippen LogP contribution in [0.1, 0.15) is 16.7 Å². The van der Waals surface area contributed by atoms with Gasteiger partial charge in [0, 0.05) is 14.1 Å². The lowest BCUT2D eigenvalue weighted by Crippen LogP contribution is -2.25. The molecule has 0 spiro atoms. The molecule has 0 amide bonds. The molecule has 0 saturated heterocycles. The lowest BCUT2D eigenvalue weighted by Gasteiger charge is -2.17. The van der Waals surface area contributed by atoms with E-state index in [2.05, 4.69) is 6.07 Å². The van der Waals surface area contributed by atoms with Crippen molar-refractivity contribution in [2.75, 3.05) is 14.1 Å². The summed E-state index contributed by atoms with van der Waals surface area (Å²) in [4.78, 5) is 1.73. The molecule has 0 N–H and O–H groups in total. The summed E-state index contributed by atoms with van der Waals surface area (Å²) in [5.74, 6) is 0.734. The van der Waals surface area contributed by atoms with Gasteiger partial charge in [0.25, 0.3) is 5.17 Å². The third kappa shape index (κ3) is 2.71. The van der Waals surface area contributed by atoms with Crippen molar-refractivity contribution in [2.24, 2.45) is 0 Å². The number of hydrogen-bond donors (Lipinski definition) is 0. The van der Waals surface area contributed by atoms with Crippen LogP contribution in [0.15, 0.2) is 12.1 Å². The van der Waals surface area contributed by atoms with Crippen molar-refractivity contribution < 1.29 is 4.74 Å². The molecule has 4 heteroatoms. The van der Waals surface area contributed by atoms with Crippen LogP contribution in [0.3, 0.4) is 0 Å². The van der Waals surface area contributed by atoms with Crippen molar-refractivity contribution in [3.63, 3.8) is 0 Å².